The minimum Gasteiger partial charge on any atom is -0.508 e. The predicted octanol–water partition coefficient (Wildman–Crippen LogP) is 4.15. The van der Waals surface area contributed by atoms with Gasteiger partial charge in [-0.2, -0.15) is 0 Å². The lowest BCUT2D eigenvalue weighted by molar-refractivity contribution is -0.122. The molecule has 0 spiro atoms. The lowest BCUT2D eigenvalue weighted by Gasteiger charge is -2.27. The van der Waals surface area contributed by atoms with Gasteiger partial charge in [0, 0.05) is 17.3 Å². The standard InChI is InChI=1S/C23H24N2O3/c1-3-15-8-9-21-19(11-15)24-13-22(28-21)23(27)25-18-12-20(26)17(10-14(18)2)16-6-4-5-7-16/h1,8-12,16,22,24,26H,4-7,13H2,2H3,(H,25,27)/t22-/m1/s1. The Kier molecular flexibility index (Phi) is 4.87. The minimum atomic E-state index is -0.666. The van der Waals surface area contributed by atoms with Crippen molar-refractivity contribution in [3.63, 3.8) is 0 Å². The van der Waals surface area contributed by atoms with Crippen LogP contribution in [0.15, 0.2) is 30.3 Å². The van der Waals surface area contributed by atoms with Crippen LogP contribution in [0.1, 0.15) is 48.3 Å². The van der Waals surface area contributed by atoms with Gasteiger partial charge in [-0.05, 0) is 55.0 Å². The Labute approximate surface area is 165 Å². The maximum Gasteiger partial charge on any atom is 0.267 e. The molecule has 1 saturated carbocycles. The molecule has 1 aliphatic carbocycles. The van der Waals surface area contributed by atoms with Gasteiger partial charge < -0.3 is 20.5 Å². The number of terminal acetylenes is 1. The Morgan fingerprint density at radius 2 is 2.07 bits per heavy atom. The van der Waals surface area contributed by atoms with Crippen molar-refractivity contribution < 1.29 is 14.6 Å². The van der Waals surface area contributed by atoms with Crippen molar-refractivity contribution in [2.75, 3.05) is 17.2 Å². The van der Waals surface area contributed by atoms with E-state index in [9.17, 15) is 9.90 Å². The van der Waals surface area contributed by atoms with Gasteiger partial charge in [0.05, 0.1) is 12.2 Å². The van der Waals surface area contributed by atoms with Crippen LogP contribution in [0.5, 0.6) is 11.5 Å². The lowest BCUT2D eigenvalue weighted by Crippen LogP contribution is -2.41. The average molecular weight is 376 g/mol. The molecule has 3 N–H and O–H groups in total. The van der Waals surface area contributed by atoms with E-state index in [0.717, 1.165) is 35.2 Å². The Balaban J connectivity index is 1.48. The summed E-state index contributed by atoms with van der Waals surface area (Å²) in [6, 6.07) is 9.03. The van der Waals surface area contributed by atoms with Crippen molar-refractivity contribution in [3.8, 4) is 23.8 Å². The fourth-order valence-electron chi connectivity index (χ4n) is 4.04. The first-order chi connectivity index (χ1) is 13.5. The number of anilines is 2. The number of phenols is 1. The lowest BCUT2D eigenvalue weighted by atomic mass is 9.94. The highest BCUT2D eigenvalue weighted by Gasteiger charge is 2.27. The number of amides is 1. The number of benzene rings is 2. The van der Waals surface area contributed by atoms with Gasteiger partial charge in [0.1, 0.15) is 11.5 Å². The van der Waals surface area contributed by atoms with Crippen molar-refractivity contribution in [1.29, 1.82) is 0 Å². The quantitative estimate of drug-likeness (QED) is 0.704. The fraction of sp³-hybridized carbons (Fsp3) is 0.348. The fourth-order valence-corrected chi connectivity index (χ4v) is 4.04. The van der Waals surface area contributed by atoms with Crippen LogP contribution in [0.2, 0.25) is 0 Å². The number of carbonyl (C=O) groups is 1. The van der Waals surface area contributed by atoms with Gasteiger partial charge in [0.2, 0.25) is 0 Å². The van der Waals surface area contributed by atoms with Crippen LogP contribution >= 0.6 is 0 Å². The number of fused-ring (bicyclic) bond motifs is 1. The summed E-state index contributed by atoms with van der Waals surface area (Å²) in [4.78, 5) is 12.7. The second-order valence-electron chi connectivity index (χ2n) is 7.54. The summed E-state index contributed by atoms with van der Waals surface area (Å²) in [6.07, 6.45) is 9.39. The number of hydrogen-bond acceptors (Lipinski definition) is 4. The molecule has 2 aromatic carbocycles. The monoisotopic (exact) mass is 376 g/mol. The molecule has 5 nitrogen and oxygen atoms in total. The summed E-state index contributed by atoms with van der Waals surface area (Å²) in [5.41, 5.74) is 4.08. The molecule has 28 heavy (non-hydrogen) atoms. The summed E-state index contributed by atoms with van der Waals surface area (Å²) in [5, 5.41) is 16.6. The first-order valence-electron chi connectivity index (χ1n) is 9.70. The number of hydrogen-bond donors (Lipinski definition) is 3. The van der Waals surface area contributed by atoms with Gasteiger partial charge in [0.15, 0.2) is 6.10 Å². The molecule has 0 aromatic heterocycles. The Morgan fingerprint density at radius 3 is 2.82 bits per heavy atom. The van der Waals surface area contributed by atoms with Crippen LogP contribution < -0.4 is 15.4 Å². The molecule has 5 heteroatoms. The van der Waals surface area contributed by atoms with Gasteiger partial charge in [-0.15, -0.1) is 6.42 Å². The molecule has 0 saturated heterocycles. The first kappa shape index (κ1) is 18.2. The molecule has 1 heterocycles. The van der Waals surface area contributed by atoms with Gasteiger partial charge in [-0.25, -0.2) is 0 Å². The summed E-state index contributed by atoms with van der Waals surface area (Å²) in [5.74, 6) is 3.59. The zero-order valence-corrected chi connectivity index (χ0v) is 15.9. The van der Waals surface area contributed by atoms with E-state index in [0.29, 0.717) is 23.9 Å². The van der Waals surface area contributed by atoms with Crippen LogP contribution in [0.25, 0.3) is 0 Å². The predicted molar refractivity (Wildman–Crippen MR) is 110 cm³/mol. The second-order valence-corrected chi connectivity index (χ2v) is 7.54. The van der Waals surface area contributed by atoms with Crippen LogP contribution in [-0.4, -0.2) is 23.7 Å². The van der Waals surface area contributed by atoms with Gasteiger partial charge >= 0.3 is 0 Å². The number of nitrogens with one attached hydrogen (secondary N) is 2. The first-order valence-corrected chi connectivity index (χ1v) is 9.70. The number of aryl methyl sites for hydroxylation is 1. The number of carbonyl (C=O) groups excluding carboxylic acids is 1. The maximum atomic E-state index is 12.7. The molecule has 0 radical (unpaired) electrons. The zero-order valence-electron chi connectivity index (χ0n) is 15.9. The zero-order chi connectivity index (χ0) is 19.7. The summed E-state index contributed by atoms with van der Waals surface area (Å²) < 4.78 is 5.83. The molecule has 1 fully saturated rings. The topological polar surface area (TPSA) is 70.6 Å². The molecule has 4 rings (SSSR count). The largest absolute Gasteiger partial charge is 0.508 e. The van der Waals surface area contributed by atoms with Crippen LogP contribution in [0.3, 0.4) is 0 Å². The second kappa shape index (κ2) is 7.47. The van der Waals surface area contributed by atoms with Gasteiger partial charge in [-0.3, -0.25) is 4.79 Å². The van der Waals surface area contributed by atoms with Gasteiger partial charge in [0.25, 0.3) is 5.91 Å². The molecule has 2 aliphatic rings. The smallest absolute Gasteiger partial charge is 0.267 e. The van der Waals surface area contributed by atoms with E-state index < -0.39 is 6.10 Å². The van der Waals surface area contributed by atoms with Crippen molar-refractivity contribution in [1.82, 2.24) is 0 Å². The third-order valence-corrected chi connectivity index (χ3v) is 5.61. The summed E-state index contributed by atoms with van der Waals surface area (Å²) in [7, 11) is 0. The van der Waals surface area contributed by atoms with Crippen molar-refractivity contribution in [3.05, 3.63) is 47.0 Å². The molecule has 1 aliphatic heterocycles. The summed E-state index contributed by atoms with van der Waals surface area (Å²) in [6.45, 7) is 2.29. The van der Waals surface area contributed by atoms with Crippen molar-refractivity contribution in [2.45, 2.75) is 44.6 Å². The number of rotatable bonds is 3. The van der Waals surface area contributed by atoms with E-state index in [2.05, 4.69) is 16.6 Å². The van der Waals surface area contributed by atoms with E-state index in [1.807, 2.05) is 19.1 Å². The molecule has 0 bridgehead atoms. The highest BCUT2D eigenvalue weighted by Crippen LogP contribution is 2.40. The molecule has 1 amide bonds. The normalized spacial score (nSPS) is 18.5. The molecule has 0 unspecified atom stereocenters. The van der Waals surface area contributed by atoms with Crippen molar-refractivity contribution in [2.24, 2.45) is 0 Å². The van der Waals surface area contributed by atoms with E-state index in [4.69, 9.17) is 11.2 Å². The average Bonchev–Trinajstić information content (AvgIpc) is 3.24. The van der Waals surface area contributed by atoms with Crippen LogP contribution in [0.4, 0.5) is 11.4 Å². The molecule has 2 aromatic rings. The number of ether oxygens (including phenoxy) is 1. The number of phenolic OH excluding ortho intramolecular Hbond substituents is 1. The number of aromatic hydroxyl groups is 1. The molecule has 144 valence electrons. The highest BCUT2D eigenvalue weighted by molar-refractivity contribution is 5.96. The Bertz CT molecular complexity index is 955. The van der Waals surface area contributed by atoms with E-state index in [-0.39, 0.29) is 11.7 Å². The highest BCUT2D eigenvalue weighted by atomic mass is 16.5. The molecular formula is C23H24N2O3. The Hall–Kier alpha value is -3.13. The third-order valence-electron chi connectivity index (χ3n) is 5.61. The van der Waals surface area contributed by atoms with E-state index in [1.54, 1.807) is 18.2 Å². The van der Waals surface area contributed by atoms with E-state index in [1.165, 1.54) is 12.8 Å². The SMILES string of the molecule is C#Cc1ccc2c(c1)NC[C@H](C(=O)Nc1cc(O)c(C3CCCC3)cc1C)O2. The summed E-state index contributed by atoms with van der Waals surface area (Å²) >= 11 is 0. The minimum absolute atomic E-state index is 0.252. The molecule has 1 atom stereocenters. The van der Waals surface area contributed by atoms with Gasteiger partial charge in [-0.1, -0.05) is 24.8 Å². The molecular weight excluding hydrogens is 352 g/mol. The van der Waals surface area contributed by atoms with Crippen LogP contribution in [0, 0.1) is 19.3 Å². The van der Waals surface area contributed by atoms with Crippen LogP contribution in [-0.2, 0) is 4.79 Å². The Morgan fingerprint density at radius 1 is 1.29 bits per heavy atom. The maximum absolute atomic E-state index is 12.7. The van der Waals surface area contributed by atoms with Crippen molar-refractivity contribution >= 4 is 17.3 Å². The van der Waals surface area contributed by atoms with E-state index >= 15 is 0 Å². The third kappa shape index (κ3) is 3.50.